The Labute approximate surface area is 117 Å². The molecule has 0 bridgehead atoms. The lowest BCUT2D eigenvalue weighted by Gasteiger charge is -2.37. The van der Waals surface area contributed by atoms with Crippen LogP contribution in [-0.4, -0.2) is 46.2 Å². The van der Waals surface area contributed by atoms with E-state index in [-0.39, 0.29) is 18.7 Å². The summed E-state index contributed by atoms with van der Waals surface area (Å²) in [7, 11) is 0. The van der Waals surface area contributed by atoms with Crippen LogP contribution in [-0.2, 0) is 0 Å². The van der Waals surface area contributed by atoms with Crippen molar-refractivity contribution in [3.05, 3.63) is 0 Å². The zero-order chi connectivity index (χ0) is 14.1. The number of aliphatic hydroxyl groups is 3. The van der Waals surface area contributed by atoms with Crippen LogP contribution in [0, 0.1) is 0 Å². The predicted octanol–water partition coefficient (Wildman–Crippen LogP) is 1.57. The summed E-state index contributed by atoms with van der Waals surface area (Å²) in [6, 6.07) is -0.149. The van der Waals surface area contributed by atoms with E-state index in [2.05, 4.69) is 12.2 Å². The molecule has 4 heteroatoms. The fourth-order valence-corrected chi connectivity index (χ4v) is 2.88. The van der Waals surface area contributed by atoms with Gasteiger partial charge in [0.25, 0.3) is 0 Å². The summed E-state index contributed by atoms with van der Waals surface area (Å²) in [5.74, 6) is 0. The van der Waals surface area contributed by atoms with Gasteiger partial charge in [0, 0.05) is 6.04 Å². The molecule has 0 aromatic rings. The summed E-state index contributed by atoms with van der Waals surface area (Å²) in [5.41, 5.74) is 0. The lowest BCUT2D eigenvalue weighted by atomic mass is 9.90. The van der Waals surface area contributed by atoms with Gasteiger partial charge in [-0.1, -0.05) is 51.9 Å². The summed E-state index contributed by atoms with van der Waals surface area (Å²) in [6.07, 6.45) is 9.06. The van der Waals surface area contributed by atoms with Crippen molar-refractivity contribution in [3.63, 3.8) is 0 Å². The summed E-state index contributed by atoms with van der Waals surface area (Å²) in [5, 5.41) is 31.8. The van der Waals surface area contributed by atoms with Crippen molar-refractivity contribution in [2.24, 2.45) is 0 Å². The van der Waals surface area contributed by atoms with E-state index in [4.69, 9.17) is 5.11 Å². The van der Waals surface area contributed by atoms with E-state index < -0.39 is 12.2 Å². The van der Waals surface area contributed by atoms with Gasteiger partial charge in [0.1, 0.15) is 0 Å². The third-order valence-corrected chi connectivity index (χ3v) is 4.14. The molecule has 1 fully saturated rings. The topological polar surface area (TPSA) is 72.7 Å². The first-order valence-electron chi connectivity index (χ1n) is 7.92. The Kier molecular flexibility index (Phi) is 8.62. The van der Waals surface area contributed by atoms with Crippen LogP contribution in [0.15, 0.2) is 0 Å². The van der Waals surface area contributed by atoms with Crippen molar-refractivity contribution < 1.29 is 15.3 Å². The smallest absolute Gasteiger partial charge is 0.0974 e. The highest BCUT2D eigenvalue weighted by Crippen LogP contribution is 2.19. The predicted molar refractivity (Wildman–Crippen MR) is 77.0 cm³/mol. The third kappa shape index (κ3) is 6.21. The molecule has 19 heavy (non-hydrogen) atoms. The zero-order valence-electron chi connectivity index (χ0n) is 12.2. The van der Waals surface area contributed by atoms with Crippen molar-refractivity contribution in [3.8, 4) is 0 Å². The molecule has 1 unspecified atom stereocenters. The van der Waals surface area contributed by atoms with Gasteiger partial charge in [-0.15, -0.1) is 0 Å². The quantitative estimate of drug-likeness (QED) is 0.481. The van der Waals surface area contributed by atoms with Crippen LogP contribution < -0.4 is 5.32 Å². The Balaban J connectivity index is 2.09. The molecule has 0 aliphatic carbocycles. The molecule has 1 aliphatic heterocycles. The Bertz CT molecular complexity index is 225. The number of rotatable bonds is 9. The lowest BCUT2D eigenvalue weighted by Crippen LogP contribution is -2.58. The first-order valence-corrected chi connectivity index (χ1v) is 7.92. The maximum atomic E-state index is 9.75. The van der Waals surface area contributed by atoms with Crippen molar-refractivity contribution in [1.29, 1.82) is 0 Å². The van der Waals surface area contributed by atoms with Crippen molar-refractivity contribution >= 4 is 0 Å². The van der Waals surface area contributed by atoms with Crippen LogP contribution in [0.3, 0.4) is 0 Å². The minimum atomic E-state index is -0.838. The normalized spacial score (nSPS) is 31.6. The Morgan fingerprint density at radius 1 is 1.00 bits per heavy atom. The molecule has 0 saturated carbocycles. The van der Waals surface area contributed by atoms with Gasteiger partial charge in [-0.05, 0) is 12.8 Å². The van der Waals surface area contributed by atoms with Crippen LogP contribution in [0.1, 0.15) is 64.7 Å². The molecule has 1 rings (SSSR count). The van der Waals surface area contributed by atoms with Gasteiger partial charge < -0.3 is 20.6 Å². The second kappa shape index (κ2) is 9.70. The average molecular weight is 273 g/mol. The Morgan fingerprint density at radius 3 is 2.26 bits per heavy atom. The van der Waals surface area contributed by atoms with Crippen LogP contribution in [0.4, 0.5) is 0 Å². The van der Waals surface area contributed by atoms with Gasteiger partial charge in [0.2, 0.25) is 0 Å². The molecule has 1 saturated heterocycles. The van der Waals surface area contributed by atoms with Gasteiger partial charge in [-0.2, -0.15) is 0 Å². The molecule has 114 valence electrons. The van der Waals surface area contributed by atoms with Gasteiger partial charge in [0.05, 0.1) is 24.9 Å². The molecule has 4 N–H and O–H groups in total. The molecule has 0 amide bonds. The van der Waals surface area contributed by atoms with E-state index in [1.54, 1.807) is 0 Å². The standard InChI is InChI=1S/C15H31NO3/c1-2-3-4-5-6-7-8-9-12-10-14(18)15(19)13(11-17)16-12/h12-19H,2-11H2,1H3/t12?,13-,14-,15-/m1/s1. The highest BCUT2D eigenvalue weighted by atomic mass is 16.3. The van der Waals surface area contributed by atoms with Gasteiger partial charge in [-0.3, -0.25) is 0 Å². The van der Waals surface area contributed by atoms with Crippen LogP contribution in [0.25, 0.3) is 0 Å². The number of aliphatic hydroxyl groups excluding tert-OH is 3. The third-order valence-electron chi connectivity index (χ3n) is 4.14. The van der Waals surface area contributed by atoms with Crippen LogP contribution >= 0.6 is 0 Å². The second-order valence-electron chi connectivity index (χ2n) is 5.86. The molecule has 0 spiro atoms. The summed E-state index contributed by atoms with van der Waals surface area (Å²) in [6.45, 7) is 2.11. The summed E-state index contributed by atoms with van der Waals surface area (Å²) < 4.78 is 0. The Hall–Kier alpha value is -0.160. The maximum absolute atomic E-state index is 9.75. The van der Waals surface area contributed by atoms with Crippen LogP contribution in [0.2, 0.25) is 0 Å². The average Bonchev–Trinajstić information content (AvgIpc) is 2.41. The second-order valence-corrected chi connectivity index (χ2v) is 5.86. The highest BCUT2D eigenvalue weighted by Gasteiger charge is 2.34. The molecule has 4 nitrogen and oxygen atoms in total. The van der Waals surface area contributed by atoms with Crippen molar-refractivity contribution in [1.82, 2.24) is 5.32 Å². The molecular weight excluding hydrogens is 242 g/mol. The number of nitrogens with one attached hydrogen (secondary N) is 1. The van der Waals surface area contributed by atoms with E-state index in [0.717, 1.165) is 12.8 Å². The SMILES string of the molecule is CCCCCCCCCC1C[C@@H](O)[C@H](O)[C@@H](CO)N1. The summed E-state index contributed by atoms with van der Waals surface area (Å²) in [4.78, 5) is 0. The monoisotopic (exact) mass is 273 g/mol. The van der Waals surface area contributed by atoms with E-state index in [9.17, 15) is 10.2 Å². The lowest BCUT2D eigenvalue weighted by molar-refractivity contribution is -0.0519. The molecule has 1 aliphatic rings. The first-order chi connectivity index (χ1) is 9.19. The highest BCUT2D eigenvalue weighted by molar-refractivity contribution is 4.91. The van der Waals surface area contributed by atoms with Crippen molar-refractivity contribution in [2.45, 2.75) is 89.0 Å². The van der Waals surface area contributed by atoms with Gasteiger partial charge in [-0.25, -0.2) is 0 Å². The van der Waals surface area contributed by atoms with E-state index >= 15 is 0 Å². The Morgan fingerprint density at radius 2 is 1.63 bits per heavy atom. The minimum absolute atomic E-state index is 0.119. The number of piperidine rings is 1. The number of hydrogen-bond acceptors (Lipinski definition) is 4. The van der Waals surface area contributed by atoms with Gasteiger partial charge >= 0.3 is 0 Å². The molecule has 1 heterocycles. The molecule has 0 aromatic carbocycles. The summed E-state index contributed by atoms with van der Waals surface area (Å²) >= 11 is 0. The van der Waals surface area contributed by atoms with E-state index in [1.165, 1.54) is 38.5 Å². The fourth-order valence-electron chi connectivity index (χ4n) is 2.88. The maximum Gasteiger partial charge on any atom is 0.0974 e. The largest absolute Gasteiger partial charge is 0.395 e. The fraction of sp³-hybridized carbons (Fsp3) is 1.00. The number of unbranched alkanes of at least 4 members (excludes halogenated alkanes) is 6. The zero-order valence-corrected chi connectivity index (χ0v) is 12.2. The minimum Gasteiger partial charge on any atom is -0.395 e. The van der Waals surface area contributed by atoms with E-state index in [1.807, 2.05) is 0 Å². The molecule has 0 radical (unpaired) electrons. The van der Waals surface area contributed by atoms with Crippen molar-refractivity contribution in [2.75, 3.05) is 6.61 Å². The van der Waals surface area contributed by atoms with E-state index in [0.29, 0.717) is 6.42 Å². The number of hydrogen-bond donors (Lipinski definition) is 4. The molecule has 4 atom stereocenters. The molecule has 0 aromatic heterocycles. The first kappa shape index (κ1) is 16.9. The van der Waals surface area contributed by atoms with Crippen LogP contribution in [0.5, 0.6) is 0 Å². The molecular formula is C15H31NO3. The van der Waals surface area contributed by atoms with Gasteiger partial charge in [0.15, 0.2) is 0 Å².